The number of rotatable bonds is 7. The number of nitrogens with zero attached hydrogens (tertiary/aromatic N) is 1. The summed E-state index contributed by atoms with van der Waals surface area (Å²) < 4.78 is 0. The number of thioether (sulfide) groups is 1. The molecule has 3 rings (SSSR count). The van der Waals surface area contributed by atoms with Crippen LogP contribution in [0.15, 0.2) is 71.8 Å². The molecule has 6 heteroatoms. The number of hydrazone groups is 1. The second kappa shape index (κ2) is 9.89. The van der Waals surface area contributed by atoms with Crippen LogP contribution < -0.4 is 10.7 Å². The van der Waals surface area contributed by atoms with Gasteiger partial charge in [-0.1, -0.05) is 54.6 Å². The second-order valence-corrected chi connectivity index (χ2v) is 7.65. The van der Waals surface area contributed by atoms with Gasteiger partial charge in [-0.15, -0.1) is 11.8 Å². The van der Waals surface area contributed by atoms with Crippen molar-refractivity contribution < 1.29 is 9.59 Å². The van der Waals surface area contributed by atoms with Crippen LogP contribution in [0.4, 0.5) is 5.69 Å². The van der Waals surface area contributed by atoms with E-state index in [1.165, 1.54) is 23.3 Å². The first-order valence-electron chi connectivity index (χ1n) is 9.28. The average molecular weight is 406 g/mol. The molecule has 0 fully saturated rings. The highest BCUT2D eigenvalue weighted by Gasteiger charge is 2.04. The zero-order valence-corrected chi connectivity index (χ0v) is 17.3. The minimum Gasteiger partial charge on any atom is -0.326 e. The first-order chi connectivity index (χ1) is 14.0. The quantitative estimate of drug-likeness (QED) is 0.447. The minimum absolute atomic E-state index is 0.131. The molecule has 0 aliphatic rings. The van der Waals surface area contributed by atoms with Crippen molar-refractivity contribution in [1.29, 1.82) is 0 Å². The highest BCUT2D eigenvalue weighted by molar-refractivity contribution is 7.99. The lowest BCUT2D eigenvalue weighted by Crippen LogP contribution is -2.21. The van der Waals surface area contributed by atoms with E-state index in [2.05, 4.69) is 46.2 Å². The van der Waals surface area contributed by atoms with Gasteiger partial charge < -0.3 is 5.32 Å². The SMILES string of the molecule is CC(=O)Nc1cccc(/C(C)=N/NC(=O)CSCc2ccc3ccccc3c2)c1. The summed E-state index contributed by atoms with van der Waals surface area (Å²) in [6.07, 6.45) is 0. The van der Waals surface area contributed by atoms with Crippen molar-refractivity contribution in [2.75, 3.05) is 11.1 Å². The lowest BCUT2D eigenvalue weighted by Gasteiger charge is -2.06. The fraction of sp³-hybridized carbons (Fsp3) is 0.174. The van der Waals surface area contributed by atoms with Crippen molar-refractivity contribution in [3.8, 4) is 0 Å². The fourth-order valence-corrected chi connectivity index (χ4v) is 3.63. The Hall–Kier alpha value is -3.12. The minimum atomic E-state index is -0.145. The van der Waals surface area contributed by atoms with E-state index in [0.717, 1.165) is 11.3 Å². The van der Waals surface area contributed by atoms with Crippen LogP contribution in [-0.4, -0.2) is 23.3 Å². The Morgan fingerprint density at radius 3 is 2.52 bits per heavy atom. The molecule has 0 saturated carbocycles. The van der Waals surface area contributed by atoms with Crippen molar-refractivity contribution >= 4 is 45.7 Å². The molecule has 5 nitrogen and oxygen atoms in total. The second-order valence-electron chi connectivity index (χ2n) is 6.67. The number of amides is 2. The number of hydrogen-bond donors (Lipinski definition) is 2. The lowest BCUT2D eigenvalue weighted by atomic mass is 10.1. The van der Waals surface area contributed by atoms with Crippen molar-refractivity contribution in [2.45, 2.75) is 19.6 Å². The van der Waals surface area contributed by atoms with Gasteiger partial charge in [-0.3, -0.25) is 9.59 Å². The molecule has 0 bridgehead atoms. The Morgan fingerprint density at radius 1 is 0.931 bits per heavy atom. The maximum absolute atomic E-state index is 12.1. The molecule has 0 unspecified atom stereocenters. The van der Waals surface area contributed by atoms with Crippen LogP contribution >= 0.6 is 11.8 Å². The summed E-state index contributed by atoms with van der Waals surface area (Å²) >= 11 is 1.55. The summed E-state index contributed by atoms with van der Waals surface area (Å²) in [4.78, 5) is 23.3. The van der Waals surface area contributed by atoms with Crippen LogP contribution in [0.25, 0.3) is 10.8 Å². The molecule has 29 heavy (non-hydrogen) atoms. The number of fused-ring (bicyclic) bond motifs is 1. The van der Waals surface area contributed by atoms with E-state index in [1.54, 1.807) is 17.8 Å². The standard InChI is InChI=1S/C23H23N3O2S/c1-16(20-8-5-9-22(13-20)24-17(2)27)25-26-23(28)15-29-14-18-10-11-19-6-3-4-7-21(19)12-18/h3-13H,14-15H2,1-2H3,(H,24,27)(H,26,28)/b25-16+. The number of carbonyl (C=O) groups is 2. The Kier molecular flexibility index (Phi) is 7.03. The number of nitrogens with one attached hydrogen (secondary N) is 2. The smallest absolute Gasteiger partial charge is 0.250 e. The number of carbonyl (C=O) groups excluding carboxylic acids is 2. The Balaban J connectivity index is 1.50. The van der Waals surface area contributed by atoms with Crippen LogP contribution in [-0.2, 0) is 15.3 Å². The molecule has 0 aliphatic carbocycles. The molecule has 0 radical (unpaired) electrons. The van der Waals surface area contributed by atoms with Crippen molar-refractivity contribution in [2.24, 2.45) is 5.10 Å². The molecule has 0 heterocycles. The molecular weight excluding hydrogens is 382 g/mol. The lowest BCUT2D eigenvalue weighted by molar-refractivity contribution is -0.118. The highest BCUT2D eigenvalue weighted by Crippen LogP contribution is 2.19. The first-order valence-corrected chi connectivity index (χ1v) is 10.4. The number of benzene rings is 3. The molecule has 0 aliphatic heterocycles. The zero-order valence-electron chi connectivity index (χ0n) is 16.4. The van der Waals surface area contributed by atoms with Crippen LogP contribution in [0, 0.1) is 0 Å². The maximum Gasteiger partial charge on any atom is 0.250 e. The molecule has 0 spiro atoms. The van der Waals surface area contributed by atoms with Gasteiger partial charge in [-0.2, -0.15) is 5.10 Å². The van der Waals surface area contributed by atoms with Gasteiger partial charge in [-0.25, -0.2) is 5.43 Å². The predicted octanol–water partition coefficient (Wildman–Crippen LogP) is 4.57. The molecular formula is C23H23N3O2S. The average Bonchev–Trinajstić information content (AvgIpc) is 2.71. The van der Waals surface area contributed by atoms with Crippen molar-refractivity contribution in [3.63, 3.8) is 0 Å². The van der Waals surface area contributed by atoms with E-state index >= 15 is 0 Å². The Labute approximate surface area is 174 Å². The van der Waals surface area contributed by atoms with E-state index in [4.69, 9.17) is 0 Å². The summed E-state index contributed by atoms with van der Waals surface area (Å²) in [6.45, 7) is 3.28. The fourth-order valence-electron chi connectivity index (χ4n) is 2.86. The summed E-state index contributed by atoms with van der Waals surface area (Å²) in [5, 5.41) is 9.33. The van der Waals surface area contributed by atoms with E-state index < -0.39 is 0 Å². The summed E-state index contributed by atoms with van der Waals surface area (Å²) in [6, 6.07) is 21.9. The summed E-state index contributed by atoms with van der Waals surface area (Å²) in [5.74, 6) is 0.816. The third-order valence-corrected chi connectivity index (χ3v) is 5.27. The molecule has 0 atom stereocenters. The zero-order chi connectivity index (χ0) is 20.6. The van der Waals surface area contributed by atoms with Crippen molar-refractivity contribution in [3.05, 3.63) is 77.9 Å². The van der Waals surface area contributed by atoms with E-state index in [1.807, 2.05) is 37.3 Å². The van der Waals surface area contributed by atoms with Crippen molar-refractivity contribution in [1.82, 2.24) is 5.43 Å². The molecule has 148 valence electrons. The van der Waals surface area contributed by atoms with Gasteiger partial charge in [0.2, 0.25) is 11.8 Å². The topological polar surface area (TPSA) is 70.6 Å². The van der Waals surface area contributed by atoms with Gasteiger partial charge >= 0.3 is 0 Å². The van der Waals surface area contributed by atoms with Crippen LogP contribution in [0.5, 0.6) is 0 Å². The predicted molar refractivity (Wildman–Crippen MR) is 121 cm³/mol. The normalized spacial score (nSPS) is 11.3. The van der Waals surface area contributed by atoms with Gasteiger partial charge in [0.15, 0.2) is 0 Å². The summed E-state index contributed by atoms with van der Waals surface area (Å²) in [5.41, 5.74) is 5.99. The Bertz CT molecular complexity index is 1060. The molecule has 2 amide bonds. The molecule has 0 aromatic heterocycles. The van der Waals surface area contributed by atoms with Gasteiger partial charge in [-0.05, 0) is 41.0 Å². The monoisotopic (exact) mass is 405 g/mol. The summed E-state index contributed by atoms with van der Waals surface area (Å²) in [7, 11) is 0. The van der Waals surface area contributed by atoms with Crippen LogP contribution in [0.1, 0.15) is 25.0 Å². The maximum atomic E-state index is 12.1. The van der Waals surface area contributed by atoms with Gasteiger partial charge in [0.05, 0.1) is 11.5 Å². The van der Waals surface area contributed by atoms with Gasteiger partial charge in [0.1, 0.15) is 0 Å². The van der Waals surface area contributed by atoms with E-state index in [0.29, 0.717) is 17.2 Å². The third-order valence-electron chi connectivity index (χ3n) is 4.26. The number of anilines is 1. The van der Waals surface area contributed by atoms with E-state index in [9.17, 15) is 9.59 Å². The molecule has 2 N–H and O–H groups in total. The Morgan fingerprint density at radius 2 is 1.72 bits per heavy atom. The highest BCUT2D eigenvalue weighted by atomic mass is 32.2. The number of hydrogen-bond acceptors (Lipinski definition) is 4. The first kappa shape index (κ1) is 20.6. The largest absolute Gasteiger partial charge is 0.326 e. The van der Waals surface area contributed by atoms with Gasteiger partial charge in [0.25, 0.3) is 0 Å². The van der Waals surface area contributed by atoms with Gasteiger partial charge in [0, 0.05) is 18.4 Å². The third kappa shape index (κ3) is 6.19. The van der Waals surface area contributed by atoms with E-state index in [-0.39, 0.29) is 11.8 Å². The van der Waals surface area contributed by atoms with Crippen LogP contribution in [0.2, 0.25) is 0 Å². The van der Waals surface area contributed by atoms with Crippen LogP contribution in [0.3, 0.4) is 0 Å². The molecule has 3 aromatic rings. The molecule has 0 saturated heterocycles. The molecule has 3 aromatic carbocycles.